The second-order valence-electron chi connectivity index (χ2n) is 1.35. The van der Waals surface area contributed by atoms with Crippen molar-refractivity contribution in [2.24, 2.45) is 0 Å². The first-order chi connectivity index (χ1) is 3.93. The minimum Gasteiger partial charge on any atom is -0.457 e. The first-order valence-corrected chi connectivity index (χ1v) is 2.25. The highest BCUT2D eigenvalue weighted by Gasteiger charge is 1.89. The molecule has 1 heterocycles. The Balaban J connectivity index is 2.67. The van der Waals surface area contributed by atoms with Gasteiger partial charge in [-0.05, 0) is 12.1 Å². The molecule has 39 valence electrons. The van der Waals surface area contributed by atoms with Crippen LogP contribution < -0.4 is 0 Å². The van der Waals surface area contributed by atoms with Crippen molar-refractivity contribution in [3.8, 4) is 6.07 Å². The van der Waals surface area contributed by atoms with Crippen LogP contribution in [0, 0.1) is 17.6 Å². The highest BCUT2D eigenvalue weighted by Crippen LogP contribution is 1.97. The molecule has 0 bridgehead atoms. The largest absolute Gasteiger partial charge is 0.457 e. The number of rotatable bonds is 1. The zero-order chi connectivity index (χ0) is 5.82. The summed E-state index contributed by atoms with van der Waals surface area (Å²) in [4.78, 5) is 0. The first-order valence-electron chi connectivity index (χ1n) is 2.25. The van der Waals surface area contributed by atoms with E-state index in [9.17, 15) is 0 Å². The van der Waals surface area contributed by atoms with Crippen LogP contribution in [0.3, 0.4) is 0 Å². The minimum absolute atomic E-state index is 0.337. The van der Waals surface area contributed by atoms with E-state index in [1.807, 2.05) is 6.07 Å². The highest BCUT2D eigenvalue weighted by atomic mass is 16.3. The van der Waals surface area contributed by atoms with Gasteiger partial charge in [0.05, 0.1) is 12.5 Å². The van der Waals surface area contributed by atoms with Gasteiger partial charge in [0.1, 0.15) is 5.76 Å². The van der Waals surface area contributed by atoms with Gasteiger partial charge < -0.3 is 4.42 Å². The van der Waals surface area contributed by atoms with Crippen LogP contribution >= 0.6 is 0 Å². The van der Waals surface area contributed by atoms with Crippen LogP contribution in [-0.2, 0) is 6.42 Å². The molecular formula is C6H4NO. The lowest BCUT2D eigenvalue weighted by Gasteiger charge is -1.77. The molecule has 1 radical (unpaired) electrons. The van der Waals surface area contributed by atoms with E-state index in [0.717, 1.165) is 0 Å². The third-order valence-corrected chi connectivity index (χ3v) is 0.781. The summed E-state index contributed by atoms with van der Waals surface area (Å²) in [5, 5.41) is 8.11. The van der Waals surface area contributed by atoms with E-state index in [-0.39, 0.29) is 0 Å². The molecule has 0 saturated heterocycles. The molecule has 1 rings (SSSR count). The SMILES string of the molecule is N#CCc1cc[c]o1. The van der Waals surface area contributed by atoms with Crippen LogP contribution in [0.1, 0.15) is 5.76 Å². The van der Waals surface area contributed by atoms with Crippen molar-refractivity contribution in [3.63, 3.8) is 0 Å². The van der Waals surface area contributed by atoms with Crippen molar-refractivity contribution >= 4 is 0 Å². The fraction of sp³-hybridized carbons (Fsp3) is 0.167. The van der Waals surface area contributed by atoms with Crippen LogP contribution in [0.25, 0.3) is 0 Å². The summed E-state index contributed by atoms with van der Waals surface area (Å²) < 4.78 is 4.73. The summed E-state index contributed by atoms with van der Waals surface area (Å²) in [5.41, 5.74) is 0. The lowest BCUT2D eigenvalue weighted by atomic mass is 10.4. The first kappa shape index (κ1) is 4.92. The van der Waals surface area contributed by atoms with Crippen LogP contribution in [0.2, 0.25) is 0 Å². The number of hydrogen-bond donors (Lipinski definition) is 0. The van der Waals surface area contributed by atoms with Gasteiger partial charge in [0.2, 0.25) is 0 Å². The quantitative estimate of drug-likeness (QED) is 0.538. The minimum atomic E-state index is 0.337. The van der Waals surface area contributed by atoms with Gasteiger partial charge >= 0.3 is 0 Å². The fourth-order valence-corrected chi connectivity index (χ4v) is 0.444. The summed E-state index contributed by atoms with van der Waals surface area (Å²) in [6.45, 7) is 0. The van der Waals surface area contributed by atoms with Gasteiger partial charge in [-0.15, -0.1) is 0 Å². The second kappa shape index (κ2) is 2.17. The van der Waals surface area contributed by atoms with Gasteiger partial charge in [0.25, 0.3) is 0 Å². The molecule has 2 nitrogen and oxygen atoms in total. The summed E-state index contributed by atoms with van der Waals surface area (Å²) in [6, 6.07) is 5.33. The van der Waals surface area contributed by atoms with Gasteiger partial charge in [-0.2, -0.15) is 5.26 Å². The Bertz CT molecular complexity index is 183. The van der Waals surface area contributed by atoms with E-state index >= 15 is 0 Å². The molecule has 0 aliphatic carbocycles. The summed E-state index contributed by atoms with van der Waals surface area (Å²) in [7, 11) is 0. The normalized spacial score (nSPS) is 8.38. The Labute approximate surface area is 47.3 Å². The molecule has 0 aromatic carbocycles. The summed E-state index contributed by atoms with van der Waals surface area (Å²) in [5.74, 6) is 0.674. The van der Waals surface area contributed by atoms with E-state index in [0.29, 0.717) is 12.2 Å². The fourth-order valence-electron chi connectivity index (χ4n) is 0.444. The zero-order valence-electron chi connectivity index (χ0n) is 4.22. The van der Waals surface area contributed by atoms with Gasteiger partial charge in [-0.3, -0.25) is 0 Å². The number of nitriles is 1. The maximum atomic E-state index is 8.11. The lowest BCUT2D eigenvalue weighted by Crippen LogP contribution is -1.70. The molecular weight excluding hydrogens is 102 g/mol. The molecule has 0 spiro atoms. The van der Waals surface area contributed by atoms with E-state index in [1.165, 1.54) is 0 Å². The molecule has 0 saturated carbocycles. The van der Waals surface area contributed by atoms with Crippen LogP contribution in [0.4, 0.5) is 0 Å². The molecule has 0 unspecified atom stereocenters. The smallest absolute Gasteiger partial charge is 0.169 e. The van der Waals surface area contributed by atoms with Crippen molar-refractivity contribution in [1.29, 1.82) is 5.26 Å². The van der Waals surface area contributed by atoms with Crippen LogP contribution in [0.15, 0.2) is 16.5 Å². The van der Waals surface area contributed by atoms with Crippen molar-refractivity contribution in [1.82, 2.24) is 0 Å². The number of hydrogen-bond acceptors (Lipinski definition) is 2. The van der Waals surface area contributed by atoms with Crippen LogP contribution in [-0.4, -0.2) is 0 Å². The third kappa shape index (κ3) is 0.881. The van der Waals surface area contributed by atoms with E-state index in [4.69, 9.17) is 9.68 Å². The van der Waals surface area contributed by atoms with Crippen LogP contribution in [0.5, 0.6) is 0 Å². The Kier molecular flexibility index (Phi) is 1.34. The maximum Gasteiger partial charge on any atom is 0.169 e. The average Bonchev–Trinajstić information content (AvgIpc) is 2.19. The van der Waals surface area contributed by atoms with Crippen molar-refractivity contribution < 1.29 is 4.42 Å². The predicted molar refractivity (Wildman–Crippen MR) is 26.9 cm³/mol. The number of nitrogens with zero attached hydrogens (tertiary/aromatic N) is 1. The Morgan fingerprint density at radius 2 is 2.75 bits per heavy atom. The second-order valence-corrected chi connectivity index (χ2v) is 1.35. The number of furan rings is 1. The Hall–Kier alpha value is -1.23. The summed E-state index contributed by atoms with van der Waals surface area (Å²) >= 11 is 0. The Morgan fingerprint density at radius 3 is 3.25 bits per heavy atom. The molecule has 0 aliphatic heterocycles. The van der Waals surface area contributed by atoms with E-state index in [2.05, 4.69) is 6.26 Å². The Morgan fingerprint density at radius 1 is 1.88 bits per heavy atom. The molecule has 1 aromatic rings. The molecule has 0 atom stereocenters. The summed E-state index contributed by atoms with van der Waals surface area (Å²) in [6.07, 6.45) is 2.83. The van der Waals surface area contributed by atoms with Gasteiger partial charge in [-0.1, -0.05) is 0 Å². The van der Waals surface area contributed by atoms with Gasteiger partial charge in [0.15, 0.2) is 6.26 Å². The van der Waals surface area contributed by atoms with Crippen molar-refractivity contribution in [2.75, 3.05) is 0 Å². The molecule has 0 N–H and O–H groups in total. The topological polar surface area (TPSA) is 36.9 Å². The lowest BCUT2D eigenvalue weighted by molar-refractivity contribution is 0.516. The molecule has 8 heavy (non-hydrogen) atoms. The van der Waals surface area contributed by atoms with E-state index in [1.54, 1.807) is 12.1 Å². The van der Waals surface area contributed by atoms with Gasteiger partial charge in [-0.25, -0.2) is 0 Å². The monoisotopic (exact) mass is 106 g/mol. The van der Waals surface area contributed by atoms with E-state index < -0.39 is 0 Å². The molecule has 1 aromatic heterocycles. The van der Waals surface area contributed by atoms with Gasteiger partial charge in [0, 0.05) is 0 Å². The zero-order valence-corrected chi connectivity index (χ0v) is 4.22. The van der Waals surface area contributed by atoms with Crippen molar-refractivity contribution in [2.45, 2.75) is 6.42 Å². The standard InChI is InChI=1S/C6H4NO/c7-4-3-6-2-1-5-8-6/h1-2H,3H2. The average molecular weight is 106 g/mol. The molecule has 2 heteroatoms. The third-order valence-electron chi connectivity index (χ3n) is 0.781. The highest BCUT2D eigenvalue weighted by molar-refractivity contribution is 5.02. The molecule has 0 fully saturated rings. The molecule has 0 aliphatic rings. The molecule has 0 amide bonds. The van der Waals surface area contributed by atoms with Crippen molar-refractivity contribution in [3.05, 3.63) is 24.2 Å². The predicted octanol–water partition coefficient (Wildman–Crippen LogP) is 1.15. The maximum absolute atomic E-state index is 8.11.